The topological polar surface area (TPSA) is 264 Å². The highest BCUT2D eigenvalue weighted by Gasteiger charge is 2.48. The van der Waals surface area contributed by atoms with Crippen molar-refractivity contribution in [1.29, 1.82) is 0 Å². The number of fused-ring (bicyclic) bond motifs is 2. The summed E-state index contributed by atoms with van der Waals surface area (Å²) < 4.78 is 6.32. The van der Waals surface area contributed by atoms with Crippen LogP contribution in [0, 0.1) is 0 Å². The Hall–Kier alpha value is -5.72. The molecular formula is C37H47ClN6O12. The average Bonchev–Trinajstić information content (AvgIpc) is 3.62. The third-order valence-electron chi connectivity index (χ3n) is 9.43. The van der Waals surface area contributed by atoms with Crippen LogP contribution in [0.1, 0.15) is 59.1 Å². The van der Waals surface area contributed by atoms with Gasteiger partial charge in [-0.3, -0.25) is 28.9 Å². The van der Waals surface area contributed by atoms with Crippen molar-refractivity contribution in [2.24, 2.45) is 0 Å². The Labute approximate surface area is 327 Å². The number of aliphatic hydroxyl groups excluding tert-OH is 1. The van der Waals surface area contributed by atoms with Gasteiger partial charge < -0.3 is 51.3 Å². The van der Waals surface area contributed by atoms with E-state index in [1.807, 2.05) is 5.32 Å². The number of aliphatic hydroxyl groups is 1. The van der Waals surface area contributed by atoms with Gasteiger partial charge in [-0.25, -0.2) is 9.59 Å². The Morgan fingerprint density at radius 3 is 2.27 bits per heavy atom. The number of benzene rings is 1. The van der Waals surface area contributed by atoms with E-state index in [9.17, 15) is 48.9 Å². The Balaban J connectivity index is 2.13. The molecule has 8 N–H and O–H groups in total. The highest BCUT2D eigenvalue weighted by molar-refractivity contribution is 6.32. The number of hydrogen-bond acceptors (Lipinski definition) is 11. The van der Waals surface area contributed by atoms with Gasteiger partial charge in [0.05, 0.1) is 11.1 Å². The minimum atomic E-state index is -1.75. The Morgan fingerprint density at radius 1 is 1.09 bits per heavy atom. The van der Waals surface area contributed by atoms with Gasteiger partial charge in [-0.05, 0) is 76.6 Å². The molecule has 0 fully saturated rings. The number of allylic oxidation sites excluding steroid dienone is 1. The zero-order chi connectivity index (χ0) is 42.4. The lowest BCUT2D eigenvalue weighted by Gasteiger charge is -2.40. The van der Waals surface area contributed by atoms with Crippen molar-refractivity contribution in [2.75, 3.05) is 20.6 Å². The molecule has 1 aromatic carbocycles. The van der Waals surface area contributed by atoms with Crippen molar-refractivity contribution in [3.63, 3.8) is 0 Å². The molecule has 5 amide bonds. The number of likely N-dealkylation sites (N-methyl/N-ethyl adjacent to an activating group) is 1. The standard InChI is InChI=1S/C37H47ClN6O12/c1-9-18(5)26(33(51)39-21(36(54)55)16-24(45)46)41-31(49)22-12-11-13-44(22)35(53)30-37(6,10-2)56-23-15-19(14-20(38)29(23)48)28(47)27(43(7)8)34(52)40-25(17(3)4)32(50)42-30/h11-12,14-16,22,25,27-28,30,47-48H,3,9-10,13H2,1-2,4-8H3,(H,39,51)(H,40,52)(H,41,49)(H,42,50)(H,45,46)(H,54,55). The van der Waals surface area contributed by atoms with Crippen LogP contribution in [-0.2, 0) is 33.6 Å². The summed E-state index contributed by atoms with van der Waals surface area (Å²) in [7, 11) is 3.05. The number of carboxylic acid groups (broad SMARTS) is 2. The first kappa shape index (κ1) is 44.7. The highest BCUT2D eigenvalue weighted by atomic mass is 35.5. The van der Waals surface area contributed by atoms with Crippen LogP contribution in [0.25, 0.3) is 0 Å². The maximum Gasteiger partial charge on any atom is 0.352 e. The van der Waals surface area contributed by atoms with E-state index >= 15 is 0 Å². The van der Waals surface area contributed by atoms with Gasteiger partial charge in [-0.15, -0.1) is 0 Å². The first-order valence-electron chi connectivity index (χ1n) is 17.4. The number of carbonyl (C=O) groups excluding carboxylic acids is 5. The van der Waals surface area contributed by atoms with Crippen LogP contribution in [0.15, 0.2) is 59.5 Å². The maximum atomic E-state index is 14.7. The molecule has 0 saturated carbocycles. The normalized spacial score (nSPS) is 24.6. The predicted octanol–water partition coefficient (Wildman–Crippen LogP) is 0.853. The Bertz CT molecular complexity index is 1910. The maximum absolute atomic E-state index is 14.7. The summed E-state index contributed by atoms with van der Waals surface area (Å²) in [4.78, 5) is 94.7. The first-order valence-corrected chi connectivity index (χ1v) is 17.7. The number of ether oxygens (including phenoxy) is 1. The monoisotopic (exact) mass is 802 g/mol. The molecule has 2 heterocycles. The summed E-state index contributed by atoms with van der Waals surface area (Å²) in [6, 6.07) is -3.28. The van der Waals surface area contributed by atoms with Crippen LogP contribution in [0.2, 0.25) is 5.02 Å². The molecule has 2 bridgehead atoms. The summed E-state index contributed by atoms with van der Waals surface area (Å²) >= 11 is 6.37. The fourth-order valence-electron chi connectivity index (χ4n) is 5.95. The van der Waals surface area contributed by atoms with Gasteiger partial charge >= 0.3 is 11.9 Å². The van der Waals surface area contributed by atoms with E-state index in [0.29, 0.717) is 0 Å². The summed E-state index contributed by atoms with van der Waals surface area (Å²) in [5.41, 5.74) is -2.60. The SMILES string of the molecule is C=C(C)C1NC(=O)C(N(C)C)C(O)c2cc(Cl)c(O)c(c2)OC(C)(CC)C(C(=O)N2CC=CC2C(=O)NC(C(=O)NC(=CC(=O)O)C(=O)O)=C(C)CC)NC1=O. The van der Waals surface area contributed by atoms with E-state index in [1.54, 1.807) is 13.8 Å². The van der Waals surface area contributed by atoms with Crippen molar-refractivity contribution in [2.45, 2.75) is 83.3 Å². The number of phenols is 1. The van der Waals surface area contributed by atoms with Crippen LogP contribution in [-0.4, -0.2) is 122 Å². The van der Waals surface area contributed by atoms with Gasteiger partial charge in [0.1, 0.15) is 47.3 Å². The zero-order valence-electron chi connectivity index (χ0n) is 31.9. The zero-order valence-corrected chi connectivity index (χ0v) is 32.7. The number of nitrogens with one attached hydrogen (secondary N) is 4. The number of halogens is 1. The number of hydrogen-bond donors (Lipinski definition) is 8. The fraction of sp³-hybridized carbons (Fsp3) is 0.432. The molecule has 304 valence electrons. The molecule has 19 heteroatoms. The molecule has 0 saturated heterocycles. The summed E-state index contributed by atoms with van der Waals surface area (Å²) in [5, 5.41) is 50.2. The van der Waals surface area contributed by atoms with Gasteiger partial charge in [0.2, 0.25) is 11.8 Å². The van der Waals surface area contributed by atoms with E-state index in [1.165, 1.54) is 64.1 Å². The third kappa shape index (κ3) is 9.92. The average molecular weight is 803 g/mol. The predicted molar refractivity (Wildman–Crippen MR) is 201 cm³/mol. The minimum Gasteiger partial charge on any atom is -0.503 e. The second-order valence-corrected chi connectivity index (χ2v) is 14.1. The van der Waals surface area contributed by atoms with Gasteiger partial charge in [0.25, 0.3) is 17.7 Å². The van der Waals surface area contributed by atoms with Gasteiger partial charge in [0, 0.05) is 6.54 Å². The quantitative estimate of drug-likeness (QED) is 0.114. The molecule has 0 aliphatic carbocycles. The molecule has 2 aliphatic rings. The lowest BCUT2D eigenvalue weighted by atomic mass is 9.90. The Kier molecular flexibility index (Phi) is 14.6. The molecule has 18 nitrogen and oxygen atoms in total. The molecule has 0 aromatic heterocycles. The number of amides is 5. The minimum absolute atomic E-state index is 0.0192. The van der Waals surface area contributed by atoms with Gasteiger partial charge in [-0.2, -0.15) is 0 Å². The number of carboxylic acids is 2. The molecule has 6 atom stereocenters. The van der Waals surface area contributed by atoms with Crippen molar-refractivity contribution in [3.8, 4) is 11.5 Å². The first-order chi connectivity index (χ1) is 26.1. The van der Waals surface area contributed by atoms with Crippen molar-refractivity contribution < 1.29 is 58.7 Å². The van der Waals surface area contributed by atoms with Crippen LogP contribution >= 0.6 is 11.6 Å². The van der Waals surface area contributed by atoms with Gasteiger partial charge in [0.15, 0.2) is 11.5 Å². The van der Waals surface area contributed by atoms with Crippen molar-refractivity contribution >= 4 is 53.1 Å². The second kappa shape index (κ2) is 18.3. The molecule has 0 spiro atoms. The lowest BCUT2D eigenvalue weighted by Crippen LogP contribution is -2.65. The van der Waals surface area contributed by atoms with Crippen LogP contribution < -0.4 is 26.0 Å². The Morgan fingerprint density at radius 2 is 1.73 bits per heavy atom. The lowest BCUT2D eigenvalue weighted by molar-refractivity contribution is -0.146. The van der Waals surface area contributed by atoms with E-state index in [4.69, 9.17) is 21.4 Å². The summed E-state index contributed by atoms with van der Waals surface area (Å²) in [6.45, 7) is 11.3. The molecule has 6 unspecified atom stereocenters. The summed E-state index contributed by atoms with van der Waals surface area (Å²) in [5.74, 6) is -8.88. The molecule has 2 aliphatic heterocycles. The molecular weight excluding hydrogens is 756 g/mol. The molecule has 56 heavy (non-hydrogen) atoms. The number of phenolic OH excluding ortho intramolecular Hbond substituents is 1. The molecule has 3 rings (SSSR count). The number of aromatic hydroxyl groups is 1. The molecule has 0 radical (unpaired) electrons. The highest BCUT2D eigenvalue weighted by Crippen LogP contribution is 2.41. The second-order valence-electron chi connectivity index (χ2n) is 13.7. The number of carbonyl (C=O) groups is 7. The van der Waals surface area contributed by atoms with E-state index in [0.717, 1.165) is 4.90 Å². The van der Waals surface area contributed by atoms with Crippen LogP contribution in [0.4, 0.5) is 0 Å². The summed E-state index contributed by atoms with van der Waals surface area (Å²) in [6.07, 6.45) is 1.73. The van der Waals surface area contributed by atoms with E-state index < -0.39 is 94.5 Å². The van der Waals surface area contributed by atoms with Crippen molar-refractivity contribution in [3.05, 3.63) is 70.1 Å². The van der Waals surface area contributed by atoms with Crippen LogP contribution in [0.5, 0.6) is 11.5 Å². The van der Waals surface area contributed by atoms with E-state index in [2.05, 4.69) is 22.5 Å². The molecule has 1 aromatic rings. The smallest absolute Gasteiger partial charge is 0.352 e. The largest absolute Gasteiger partial charge is 0.503 e. The number of aliphatic carboxylic acids is 2. The van der Waals surface area contributed by atoms with E-state index in [-0.39, 0.29) is 52.9 Å². The number of rotatable bonds is 11. The number of nitrogens with zero attached hydrogens (tertiary/aromatic N) is 2. The van der Waals surface area contributed by atoms with Crippen LogP contribution in [0.3, 0.4) is 0 Å². The van der Waals surface area contributed by atoms with Gasteiger partial charge in [-0.1, -0.05) is 44.2 Å². The third-order valence-corrected chi connectivity index (χ3v) is 9.72. The van der Waals surface area contributed by atoms with Crippen molar-refractivity contribution in [1.82, 2.24) is 31.1 Å². The fourth-order valence-corrected chi connectivity index (χ4v) is 6.17.